The second-order valence-corrected chi connectivity index (χ2v) is 10.4. The lowest BCUT2D eigenvalue weighted by molar-refractivity contribution is -0.143. The Morgan fingerprint density at radius 3 is 2.18 bits per heavy atom. The zero-order valence-electron chi connectivity index (χ0n) is 21.5. The Kier molecular flexibility index (Phi) is 7.37. The average Bonchev–Trinajstić information content (AvgIpc) is 3.20. The molecular formula is C27H28F7N3O2. The number of nitrogens with zero attached hydrogens (tertiary/aromatic N) is 2. The number of rotatable bonds is 3. The number of likely N-dealkylation sites (tertiary alicyclic amines) is 1. The van der Waals surface area contributed by atoms with Gasteiger partial charge in [-0.3, -0.25) is 4.79 Å². The molecule has 2 aliphatic rings. The molecule has 4 rings (SSSR count). The van der Waals surface area contributed by atoms with E-state index in [1.54, 1.807) is 13.0 Å². The molecule has 0 unspecified atom stereocenters. The molecular weight excluding hydrogens is 531 g/mol. The number of urea groups is 1. The van der Waals surface area contributed by atoms with E-state index in [4.69, 9.17) is 0 Å². The number of nitrogens with one attached hydrogen (secondary N) is 1. The molecule has 0 saturated carbocycles. The minimum Gasteiger partial charge on any atom is -0.350 e. The highest BCUT2D eigenvalue weighted by molar-refractivity contribution is 5.80. The second kappa shape index (κ2) is 10.0. The maximum Gasteiger partial charge on any atom is 0.416 e. The predicted octanol–water partition coefficient (Wildman–Crippen LogP) is 6.77. The van der Waals surface area contributed by atoms with E-state index in [2.05, 4.69) is 5.32 Å². The van der Waals surface area contributed by atoms with E-state index in [0.717, 1.165) is 4.90 Å². The molecule has 5 nitrogen and oxygen atoms in total. The molecule has 3 atom stereocenters. The molecule has 0 aliphatic carbocycles. The predicted molar refractivity (Wildman–Crippen MR) is 128 cm³/mol. The fraction of sp³-hybridized carbons (Fsp3) is 0.481. The van der Waals surface area contributed by atoms with Crippen molar-refractivity contribution in [2.75, 3.05) is 13.6 Å². The normalized spacial score (nSPS) is 22.7. The van der Waals surface area contributed by atoms with E-state index in [0.29, 0.717) is 48.9 Å². The van der Waals surface area contributed by atoms with Crippen molar-refractivity contribution in [3.8, 4) is 0 Å². The number of aryl methyl sites for hydroxylation is 1. The van der Waals surface area contributed by atoms with Crippen LogP contribution in [0.15, 0.2) is 36.4 Å². The molecule has 2 fully saturated rings. The van der Waals surface area contributed by atoms with Crippen LogP contribution in [0.5, 0.6) is 0 Å². The molecule has 1 spiro atoms. The van der Waals surface area contributed by atoms with Gasteiger partial charge in [-0.15, -0.1) is 0 Å². The fourth-order valence-electron chi connectivity index (χ4n) is 5.52. The van der Waals surface area contributed by atoms with Gasteiger partial charge < -0.3 is 15.1 Å². The zero-order chi connectivity index (χ0) is 28.9. The average molecular weight is 560 g/mol. The van der Waals surface area contributed by atoms with Crippen LogP contribution in [0, 0.1) is 12.7 Å². The number of hydrogen-bond acceptors (Lipinski definition) is 2. The first kappa shape index (κ1) is 28.7. The number of halogens is 7. The topological polar surface area (TPSA) is 52.7 Å². The van der Waals surface area contributed by atoms with Gasteiger partial charge in [-0.25, -0.2) is 9.18 Å². The van der Waals surface area contributed by atoms with Crippen molar-refractivity contribution in [1.82, 2.24) is 15.1 Å². The highest BCUT2D eigenvalue weighted by atomic mass is 19.4. The van der Waals surface area contributed by atoms with Gasteiger partial charge in [0.1, 0.15) is 5.82 Å². The number of benzene rings is 2. The van der Waals surface area contributed by atoms with Crippen LogP contribution in [0.4, 0.5) is 35.5 Å². The Bertz CT molecular complexity index is 1240. The number of alkyl halides is 6. The zero-order valence-corrected chi connectivity index (χ0v) is 21.5. The minimum absolute atomic E-state index is 0.0470. The molecule has 0 aromatic heterocycles. The van der Waals surface area contributed by atoms with Crippen LogP contribution < -0.4 is 5.32 Å². The van der Waals surface area contributed by atoms with Gasteiger partial charge in [-0.2, -0.15) is 26.3 Å². The van der Waals surface area contributed by atoms with Gasteiger partial charge >= 0.3 is 18.4 Å². The molecule has 12 heteroatoms. The second-order valence-electron chi connectivity index (χ2n) is 10.4. The van der Waals surface area contributed by atoms with E-state index < -0.39 is 53.0 Å². The summed E-state index contributed by atoms with van der Waals surface area (Å²) in [5.74, 6) is -0.579. The van der Waals surface area contributed by atoms with Crippen molar-refractivity contribution in [1.29, 1.82) is 0 Å². The summed E-state index contributed by atoms with van der Waals surface area (Å²) in [6, 6.07) is 3.05. The summed E-state index contributed by atoms with van der Waals surface area (Å²) < 4.78 is 94.4. The van der Waals surface area contributed by atoms with Crippen molar-refractivity contribution in [2.24, 2.45) is 0 Å². The Hall–Kier alpha value is -3.31. The Morgan fingerprint density at radius 1 is 1.05 bits per heavy atom. The molecule has 212 valence electrons. The number of piperidine rings is 1. The van der Waals surface area contributed by atoms with Crippen LogP contribution in [0.3, 0.4) is 0 Å². The molecule has 2 saturated heterocycles. The van der Waals surface area contributed by atoms with E-state index in [9.17, 15) is 40.3 Å². The third-order valence-electron chi connectivity index (χ3n) is 7.84. The van der Waals surface area contributed by atoms with Gasteiger partial charge in [-0.05, 0) is 80.1 Å². The van der Waals surface area contributed by atoms with Gasteiger partial charge in [0.15, 0.2) is 0 Å². The van der Waals surface area contributed by atoms with Crippen molar-refractivity contribution in [3.63, 3.8) is 0 Å². The Labute approximate surface area is 221 Å². The van der Waals surface area contributed by atoms with Crippen LogP contribution >= 0.6 is 0 Å². The first-order chi connectivity index (χ1) is 18.0. The van der Waals surface area contributed by atoms with E-state index in [1.165, 1.54) is 31.0 Å². The van der Waals surface area contributed by atoms with Crippen LogP contribution in [0.1, 0.15) is 72.5 Å². The summed E-state index contributed by atoms with van der Waals surface area (Å²) in [6.07, 6.45) is -8.39. The summed E-state index contributed by atoms with van der Waals surface area (Å²) in [5.41, 5.74) is -2.59. The minimum atomic E-state index is -5.02. The molecule has 2 heterocycles. The lowest BCUT2D eigenvalue weighted by atomic mass is 9.79. The summed E-state index contributed by atoms with van der Waals surface area (Å²) in [6.45, 7) is 3.21. The third-order valence-corrected chi connectivity index (χ3v) is 7.84. The largest absolute Gasteiger partial charge is 0.416 e. The van der Waals surface area contributed by atoms with Gasteiger partial charge in [0, 0.05) is 25.6 Å². The third kappa shape index (κ3) is 5.84. The van der Waals surface area contributed by atoms with Gasteiger partial charge in [-0.1, -0.05) is 6.07 Å². The SMILES string of the molecule is Cc1cc(F)ccc1[C@H]1C[C@]2(CCC(=O)N2)CCN1C(=O)N(C)[C@H](C)c1cc(C(F)(F)F)cc(C(F)(F)F)c1. The smallest absolute Gasteiger partial charge is 0.350 e. The quantitative estimate of drug-likeness (QED) is 0.422. The first-order valence-electron chi connectivity index (χ1n) is 12.4. The summed E-state index contributed by atoms with van der Waals surface area (Å²) in [4.78, 5) is 28.4. The number of carbonyl (C=O) groups excluding carboxylic acids is 2. The maximum absolute atomic E-state index is 13.9. The Morgan fingerprint density at radius 2 is 1.67 bits per heavy atom. The van der Waals surface area contributed by atoms with Crippen LogP contribution in [0.2, 0.25) is 0 Å². The van der Waals surface area contributed by atoms with E-state index >= 15 is 0 Å². The monoisotopic (exact) mass is 559 g/mol. The highest BCUT2D eigenvalue weighted by Crippen LogP contribution is 2.43. The molecule has 1 N–H and O–H groups in total. The summed E-state index contributed by atoms with van der Waals surface area (Å²) >= 11 is 0. The molecule has 39 heavy (non-hydrogen) atoms. The van der Waals surface area contributed by atoms with Crippen molar-refractivity contribution >= 4 is 11.9 Å². The number of amides is 3. The van der Waals surface area contributed by atoms with Crippen molar-refractivity contribution in [2.45, 2.75) is 69.5 Å². The molecule has 0 bridgehead atoms. The molecule has 0 radical (unpaired) electrons. The van der Waals surface area contributed by atoms with Gasteiger partial charge in [0.2, 0.25) is 5.91 Å². The first-order valence-corrected chi connectivity index (χ1v) is 12.4. The number of hydrogen-bond donors (Lipinski definition) is 1. The maximum atomic E-state index is 13.9. The standard InChI is InChI=1S/C27H28F7N3O2/c1-15-10-20(28)4-5-21(15)22-14-25(7-6-23(38)35-25)8-9-37(22)24(39)36(3)16(2)17-11-18(26(29,30)31)13-19(12-17)27(32,33)34/h4-5,10-13,16,22H,6-9,14H2,1-3H3,(H,35,38)/t16-,22-,25+/m1/s1. The highest BCUT2D eigenvalue weighted by Gasteiger charge is 2.47. The van der Waals surface area contributed by atoms with Crippen LogP contribution in [0.25, 0.3) is 0 Å². The van der Waals surface area contributed by atoms with E-state index in [1.807, 2.05) is 0 Å². The lowest BCUT2D eigenvalue weighted by Crippen LogP contribution is -2.55. The molecule has 2 aromatic rings. The van der Waals surface area contributed by atoms with E-state index in [-0.39, 0.29) is 24.1 Å². The van der Waals surface area contributed by atoms with Crippen LogP contribution in [-0.4, -0.2) is 40.9 Å². The van der Waals surface area contributed by atoms with Crippen molar-refractivity contribution < 1.29 is 40.3 Å². The summed E-state index contributed by atoms with van der Waals surface area (Å²) in [7, 11) is 1.32. The number of carbonyl (C=O) groups is 2. The summed E-state index contributed by atoms with van der Waals surface area (Å²) in [5, 5.41) is 3.00. The molecule has 2 aliphatic heterocycles. The molecule has 3 amide bonds. The van der Waals surface area contributed by atoms with Crippen molar-refractivity contribution in [3.05, 3.63) is 70.0 Å². The van der Waals surface area contributed by atoms with Crippen LogP contribution in [-0.2, 0) is 17.1 Å². The lowest BCUT2D eigenvalue weighted by Gasteiger charge is -2.47. The Balaban J connectivity index is 1.68. The fourth-order valence-corrected chi connectivity index (χ4v) is 5.52. The van der Waals surface area contributed by atoms with Gasteiger partial charge in [0.25, 0.3) is 0 Å². The molecule has 2 aromatic carbocycles. The van der Waals surface area contributed by atoms with Gasteiger partial charge in [0.05, 0.1) is 23.2 Å².